The number of hydrogen-bond acceptors (Lipinski definition) is 2. The van der Waals surface area contributed by atoms with Crippen LogP contribution in [0.25, 0.3) is 0 Å². The van der Waals surface area contributed by atoms with Gasteiger partial charge in [-0.2, -0.15) is 0 Å². The van der Waals surface area contributed by atoms with Gasteiger partial charge in [-0.25, -0.2) is 9.86 Å². The summed E-state index contributed by atoms with van der Waals surface area (Å²) >= 11 is 0. The van der Waals surface area contributed by atoms with E-state index in [-0.39, 0.29) is 6.03 Å². The molecular weight excluding hydrogens is 192 g/mol. The Morgan fingerprint density at radius 2 is 2.20 bits per heavy atom. The zero-order valence-corrected chi connectivity index (χ0v) is 9.62. The second-order valence-corrected chi connectivity index (χ2v) is 3.56. The Hall–Kier alpha value is -1.21. The second kappa shape index (κ2) is 5.62. The quantitative estimate of drug-likeness (QED) is 0.520. The van der Waals surface area contributed by atoms with Gasteiger partial charge in [0.1, 0.15) is 0 Å². The molecule has 0 N–H and O–H groups in total. The summed E-state index contributed by atoms with van der Waals surface area (Å²) in [4.78, 5) is 18.6. The van der Waals surface area contributed by atoms with Crippen LogP contribution in [0.2, 0.25) is 0 Å². The van der Waals surface area contributed by atoms with Crippen molar-refractivity contribution in [1.82, 2.24) is 9.96 Å². The average molecular weight is 210 g/mol. The molecule has 0 aliphatic heterocycles. The molecule has 0 spiro atoms. The van der Waals surface area contributed by atoms with E-state index < -0.39 is 0 Å². The van der Waals surface area contributed by atoms with Crippen LogP contribution in [0.3, 0.4) is 0 Å². The minimum atomic E-state index is -0.0714. The highest BCUT2D eigenvalue weighted by molar-refractivity contribution is 5.73. The minimum Gasteiger partial charge on any atom is -0.319 e. The number of carbonyl (C=O) groups is 1. The third-order valence-corrected chi connectivity index (χ3v) is 2.43. The van der Waals surface area contributed by atoms with Gasteiger partial charge in [0, 0.05) is 26.1 Å². The van der Waals surface area contributed by atoms with Crippen molar-refractivity contribution in [2.24, 2.45) is 0 Å². The van der Waals surface area contributed by atoms with E-state index in [1.807, 2.05) is 11.8 Å². The zero-order valence-electron chi connectivity index (χ0n) is 9.62. The molecule has 1 aliphatic carbocycles. The normalized spacial score (nSPS) is 14.1. The SMILES string of the molecule is CC#CCCN(C(=O)N(C)OC)C1CC1. The van der Waals surface area contributed by atoms with Gasteiger partial charge in [0.25, 0.3) is 0 Å². The van der Waals surface area contributed by atoms with Crippen LogP contribution in [-0.4, -0.2) is 42.7 Å². The maximum absolute atomic E-state index is 11.8. The topological polar surface area (TPSA) is 32.8 Å². The van der Waals surface area contributed by atoms with Gasteiger partial charge >= 0.3 is 6.03 Å². The predicted octanol–water partition coefficient (Wildman–Crippen LogP) is 1.48. The molecule has 0 unspecified atom stereocenters. The Balaban J connectivity index is 2.48. The first kappa shape index (κ1) is 11.9. The highest BCUT2D eigenvalue weighted by Crippen LogP contribution is 2.27. The van der Waals surface area contributed by atoms with Gasteiger partial charge in [0.15, 0.2) is 0 Å². The number of carbonyl (C=O) groups excluding carboxylic acids is 1. The molecule has 4 heteroatoms. The van der Waals surface area contributed by atoms with E-state index in [2.05, 4.69) is 11.8 Å². The summed E-state index contributed by atoms with van der Waals surface area (Å²) in [5.41, 5.74) is 0. The molecule has 0 saturated heterocycles. The maximum Gasteiger partial charge on any atom is 0.343 e. The Bertz CT molecular complexity index is 276. The Morgan fingerprint density at radius 3 is 2.67 bits per heavy atom. The fraction of sp³-hybridized carbons (Fsp3) is 0.727. The monoisotopic (exact) mass is 210 g/mol. The van der Waals surface area contributed by atoms with E-state index >= 15 is 0 Å². The largest absolute Gasteiger partial charge is 0.343 e. The molecule has 0 aromatic rings. The second-order valence-electron chi connectivity index (χ2n) is 3.56. The van der Waals surface area contributed by atoms with Gasteiger partial charge < -0.3 is 4.90 Å². The molecule has 0 aromatic heterocycles. The molecule has 0 bridgehead atoms. The first-order chi connectivity index (χ1) is 7.20. The molecule has 1 saturated carbocycles. The van der Waals surface area contributed by atoms with E-state index in [0.29, 0.717) is 12.6 Å². The highest BCUT2D eigenvalue weighted by Gasteiger charge is 2.33. The fourth-order valence-electron chi connectivity index (χ4n) is 1.38. The minimum absolute atomic E-state index is 0.0714. The summed E-state index contributed by atoms with van der Waals surface area (Å²) in [6.07, 6.45) is 2.93. The van der Waals surface area contributed by atoms with Crippen LogP contribution in [0, 0.1) is 11.8 Å². The molecule has 0 atom stereocenters. The molecule has 4 nitrogen and oxygen atoms in total. The van der Waals surface area contributed by atoms with E-state index in [0.717, 1.165) is 19.3 Å². The van der Waals surface area contributed by atoms with Crippen molar-refractivity contribution in [2.75, 3.05) is 20.7 Å². The summed E-state index contributed by atoms with van der Waals surface area (Å²) in [6, 6.07) is 0.326. The first-order valence-electron chi connectivity index (χ1n) is 5.18. The van der Waals surface area contributed by atoms with Crippen molar-refractivity contribution < 1.29 is 9.63 Å². The Morgan fingerprint density at radius 1 is 1.53 bits per heavy atom. The first-order valence-corrected chi connectivity index (χ1v) is 5.18. The lowest BCUT2D eigenvalue weighted by Gasteiger charge is -2.25. The number of urea groups is 1. The van der Waals surface area contributed by atoms with Crippen LogP contribution in [-0.2, 0) is 4.84 Å². The number of rotatable bonds is 4. The molecule has 1 fully saturated rings. The molecular formula is C11H18N2O2. The van der Waals surface area contributed by atoms with E-state index in [9.17, 15) is 4.79 Å². The van der Waals surface area contributed by atoms with Crippen LogP contribution in [0.4, 0.5) is 4.79 Å². The third kappa shape index (κ3) is 3.45. The summed E-state index contributed by atoms with van der Waals surface area (Å²) < 4.78 is 0. The maximum atomic E-state index is 11.8. The van der Waals surface area contributed by atoms with Crippen LogP contribution < -0.4 is 0 Å². The van der Waals surface area contributed by atoms with Gasteiger partial charge in [-0.1, -0.05) is 0 Å². The smallest absolute Gasteiger partial charge is 0.319 e. The van der Waals surface area contributed by atoms with Crippen LogP contribution in [0.1, 0.15) is 26.2 Å². The molecule has 1 aliphatic rings. The summed E-state index contributed by atoms with van der Waals surface area (Å²) in [5, 5.41) is 1.26. The molecule has 84 valence electrons. The summed E-state index contributed by atoms with van der Waals surface area (Å²) in [5.74, 6) is 5.80. The highest BCUT2D eigenvalue weighted by atomic mass is 16.7. The van der Waals surface area contributed by atoms with Gasteiger partial charge in [-0.15, -0.1) is 11.8 Å². The van der Waals surface area contributed by atoms with Gasteiger partial charge in [0.2, 0.25) is 0 Å². The number of hydrogen-bond donors (Lipinski definition) is 0. The average Bonchev–Trinajstić information content (AvgIpc) is 3.06. The van der Waals surface area contributed by atoms with E-state index in [1.54, 1.807) is 7.05 Å². The van der Waals surface area contributed by atoms with Crippen molar-refractivity contribution in [3.05, 3.63) is 0 Å². The Labute approximate surface area is 91.1 Å². The molecule has 0 heterocycles. The lowest BCUT2D eigenvalue weighted by molar-refractivity contribution is -0.0764. The molecule has 0 aromatic carbocycles. The lowest BCUT2D eigenvalue weighted by Crippen LogP contribution is -2.42. The van der Waals surface area contributed by atoms with Crippen LogP contribution in [0.5, 0.6) is 0 Å². The third-order valence-electron chi connectivity index (χ3n) is 2.43. The van der Waals surface area contributed by atoms with Crippen molar-refractivity contribution in [2.45, 2.75) is 32.2 Å². The number of nitrogens with zero attached hydrogens (tertiary/aromatic N) is 2. The van der Waals surface area contributed by atoms with Crippen molar-refractivity contribution in [3.63, 3.8) is 0 Å². The van der Waals surface area contributed by atoms with Crippen molar-refractivity contribution in [1.29, 1.82) is 0 Å². The summed E-state index contributed by atoms with van der Waals surface area (Å²) in [6.45, 7) is 2.50. The van der Waals surface area contributed by atoms with Crippen molar-refractivity contribution in [3.8, 4) is 11.8 Å². The predicted molar refractivity (Wildman–Crippen MR) is 58.0 cm³/mol. The van der Waals surface area contributed by atoms with Gasteiger partial charge in [0.05, 0.1) is 7.11 Å². The number of hydroxylamine groups is 2. The lowest BCUT2D eigenvalue weighted by atomic mass is 10.4. The number of amides is 2. The molecule has 0 radical (unpaired) electrons. The fourth-order valence-corrected chi connectivity index (χ4v) is 1.38. The zero-order chi connectivity index (χ0) is 11.3. The van der Waals surface area contributed by atoms with E-state index in [4.69, 9.17) is 4.84 Å². The summed E-state index contributed by atoms with van der Waals surface area (Å²) in [7, 11) is 3.12. The van der Waals surface area contributed by atoms with Gasteiger partial charge in [-0.3, -0.25) is 4.84 Å². The van der Waals surface area contributed by atoms with E-state index in [1.165, 1.54) is 12.2 Å². The molecule has 15 heavy (non-hydrogen) atoms. The molecule has 2 amide bonds. The Kier molecular flexibility index (Phi) is 4.44. The molecule has 1 rings (SSSR count). The standard InChI is InChI=1S/C11H18N2O2/c1-4-5-6-9-13(10-7-8-10)11(14)12(2)15-3/h10H,6-9H2,1-3H3. The van der Waals surface area contributed by atoms with Gasteiger partial charge in [-0.05, 0) is 19.8 Å². The van der Waals surface area contributed by atoms with Crippen LogP contribution >= 0.6 is 0 Å². The van der Waals surface area contributed by atoms with Crippen LogP contribution in [0.15, 0.2) is 0 Å². The van der Waals surface area contributed by atoms with Crippen molar-refractivity contribution >= 4 is 6.03 Å².